The number of aliphatic hydroxyl groups is 1. The van der Waals surface area contributed by atoms with Crippen molar-refractivity contribution in [3.8, 4) is 11.5 Å². The van der Waals surface area contributed by atoms with Gasteiger partial charge in [-0.15, -0.1) is 0 Å². The first kappa shape index (κ1) is 34.5. The highest BCUT2D eigenvalue weighted by Gasteiger charge is 2.72. The predicted octanol–water partition coefficient (Wildman–Crippen LogP) is 3.07. The molecule has 6 atom stereocenters. The molecule has 1 fully saturated rings. The topological polar surface area (TPSA) is 159 Å². The first-order valence-electron chi connectivity index (χ1n) is 16.2. The van der Waals surface area contributed by atoms with Crippen molar-refractivity contribution in [2.75, 3.05) is 27.3 Å². The molecule has 2 N–H and O–H groups in total. The molecule has 1 aromatic carbocycles. The number of rotatable bonds is 11. The number of likely N-dealkylation sites (tertiary alicyclic amines) is 1. The normalized spacial score (nSPS) is 26.9. The number of carbonyl (C=O) groups excluding carboxylic acids is 4. The summed E-state index contributed by atoms with van der Waals surface area (Å²) < 4.78 is 33.8. The van der Waals surface area contributed by atoms with Crippen LogP contribution in [0.15, 0.2) is 24.0 Å². The van der Waals surface area contributed by atoms with Crippen molar-refractivity contribution in [1.29, 1.82) is 0 Å². The lowest BCUT2D eigenvalue weighted by Gasteiger charge is -2.61. The summed E-state index contributed by atoms with van der Waals surface area (Å²) >= 11 is 0. The number of hydrogen-bond donors (Lipinski definition) is 2. The second-order valence-corrected chi connectivity index (χ2v) is 13.8. The van der Waals surface area contributed by atoms with Gasteiger partial charge in [0, 0.05) is 18.0 Å². The van der Waals surface area contributed by atoms with Crippen LogP contribution in [0.3, 0.4) is 0 Å². The van der Waals surface area contributed by atoms with Crippen LogP contribution in [0.1, 0.15) is 77.8 Å². The molecule has 2 heterocycles. The number of methoxy groups -OCH3 is 1. The largest absolute Gasteiger partial charge is 0.493 e. The van der Waals surface area contributed by atoms with E-state index < -0.39 is 65.3 Å². The maximum Gasteiger partial charge on any atom is 0.408 e. The number of piperidine rings is 1. The molecule has 2 aliphatic carbocycles. The quantitative estimate of drug-likeness (QED) is 0.204. The molecule has 1 amide bonds. The van der Waals surface area contributed by atoms with Gasteiger partial charge in [-0.05, 0) is 78.3 Å². The first-order valence-corrected chi connectivity index (χ1v) is 16.2. The SMILES string of the molecule is CCCCOC(=O)CC(NC(=O)OC(C)(C)C)C(=O)O[C@@H](C)C(=O)OC1=CC[C@@]2(O)[C@H]3Cc4ccc(OC)c5c4[C@@]2(CCN3C)[C@H]1O5. The van der Waals surface area contributed by atoms with E-state index in [4.69, 9.17) is 28.4 Å². The summed E-state index contributed by atoms with van der Waals surface area (Å²) in [6.45, 7) is 9.09. The van der Waals surface area contributed by atoms with Crippen LogP contribution in [0, 0.1) is 0 Å². The summed E-state index contributed by atoms with van der Waals surface area (Å²) in [5, 5.41) is 14.7. The Balaban J connectivity index is 1.33. The Morgan fingerprint density at radius 3 is 2.62 bits per heavy atom. The van der Waals surface area contributed by atoms with E-state index in [0.29, 0.717) is 37.3 Å². The minimum atomic E-state index is -1.48. The molecular formula is C34H46N2O11. The highest BCUT2D eigenvalue weighted by Crippen LogP contribution is 2.65. The minimum Gasteiger partial charge on any atom is -0.493 e. The van der Waals surface area contributed by atoms with Crippen LogP contribution >= 0.6 is 0 Å². The molecule has 5 rings (SSSR count). The summed E-state index contributed by atoms with van der Waals surface area (Å²) in [5.74, 6) is -1.39. The number of carbonyl (C=O) groups is 4. The Kier molecular flexibility index (Phi) is 9.53. The number of nitrogens with one attached hydrogen (secondary N) is 1. The molecular weight excluding hydrogens is 612 g/mol. The summed E-state index contributed by atoms with van der Waals surface area (Å²) in [5.41, 5.74) is -0.995. The van der Waals surface area contributed by atoms with Gasteiger partial charge in [-0.2, -0.15) is 0 Å². The third-order valence-electron chi connectivity index (χ3n) is 9.51. The van der Waals surface area contributed by atoms with Crippen LogP contribution in [-0.2, 0) is 45.2 Å². The minimum absolute atomic E-state index is 0.162. The van der Waals surface area contributed by atoms with Crippen molar-refractivity contribution in [3.63, 3.8) is 0 Å². The number of amides is 1. The zero-order valence-corrected chi connectivity index (χ0v) is 28.2. The number of ether oxygens (including phenoxy) is 6. The molecule has 1 saturated heterocycles. The Morgan fingerprint density at radius 1 is 1.19 bits per heavy atom. The summed E-state index contributed by atoms with van der Waals surface area (Å²) in [7, 11) is 3.55. The van der Waals surface area contributed by atoms with Crippen LogP contribution in [0.4, 0.5) is 4.79 Å². The van der Waals surface area contributed by atoms with Gasteiger partial charge in [0.25, 0.3) is 0 Å². The van der Waals surface area contributed by atoms with Gasteiger partial charge in [-0.1, -0.05) is 19.4 Å². The van der Waals surface area contributed by atoms with Crippen molar-refractivity contribution in [3.05, 3.63) is 35.1 Å². The number of esters is 3. The van der Waals surface area contributed by atoms with Gasteiger partial charge in [0.1, 0.15) is 17.4 Å². The molecule has 1 aromatic rings. The highest BCUT2D eigenvalue weighted by molar-refractivity contribution is 5.88. The molecule has 258 valence electrons. The zero-order chi connectivity index (χ0) is 34.3. The van der Waals surface area contributed by atoms with Crippen LogP contribution in [0.2, 0.25) is 0 Å². The fourth-order valence-corrected chi connectivity index (χ4v) is 7.29. The van der Waals surface area contributed by atoms with Gasteiger partial charge >= 0.3 is 24.0 Å². The van der Waals surface area contributed by atoms with Crippen molar-refractivity contribution >= 4 is 24.0 Å². The molecule has 1 unspecified atom stereocenters. The molecule has 13 heteroatoms. The fourth-order valence-electron chi connectivity index (χ4n) is 7.29. The molecule has 13 nitrogen and oxygen atoms in total. The van der Waals surface area contributed by atoms with Gasteiger partial charge in [0.2, 0.25) is 0 Å². The van der Waals surface area contributed by atoms with E-state index in [1.165, 1.54) is 6.92 Å². The third-order valence-corrected chi connectivity index (χ3v) is 9.51. The molecule has 4 aliphatic rings. The molecule has 0 saturated carbocycles. The smallest absolute Gasteiger partial charge is 0.408 e. The van der Waals surface area contributed by atoms with E-state index in [0.717, 1.165) is 17.5 Å². The number of unbranched alkanes of at least 4 members (excludes halogenated alkanes) is 1. The Bertz CT molecular complexity index is 1450. The van der Waals surface area contributed by atoms with Gasteiger partial charge in [0.15, 0.2) is 23.7 Å². The first-order chi connectivity index (χ1) is 22.1. The fraction of sp³-hybridized carbons (Fsp3) is 0.647. The lowest BCUT2D eigenvalue weighted by atomic mass is 9.50. The Hall–Kier alpha value is -3.84. The standard InChI is InChI=1S/C34H46N2O11/c1-8-9-16-43-25(37)18-21(35-31(40)47-32(3,4)5)30(39)44-19(2)29(38)45-23-12-13-34(41)24-17-20-10-11-22(42-7)27-26(20)33(34,28(23)46-27)14-15-36(24)6/h10-12,19,21,24,28,41H,8-9,13-18H2,1-7H3,(H,35,40)/t19-,21?,24+,28-,33-,34+/m0/s1. The van der Waals surface area contributed by atoms with Gasteiger partial charge < -0.3 is 43.7 Å². The van der Waals surface area contributed by atoms with Gasteiger partial charge in [0.05, 0.1) is 31.2 Å². The maximum atomic E-state index is 13.4. The summed E-state index contributed by atoms with van der Waals surface area (Å²) in [4.78, 5) is 53.8. The number of hydrogen-bond acceptors (Lipinski definition) is 12. The van der Waals surface area contributed by atoms with E-state index in [9.17, 15) is 24.3 Å². The molecule has 47 heavy (non-hydrogen) atoms. The molecule has 2 bridgehead atoms. The molecule has 0 radical (unpaired) electrons. The van der Waals surface area contributed by atoms with Crippen LogP contribution < -0.4 is 14.8 Å². The van der Waals surface area contributed by atoms with Crippen molar-refractivity contribution in [2.24, 2.45) is 0 Å². The lowest BCUT2D eigenvalue weighted by Crippen LogP contribution is -2.74. The monoisotopic (exact) mass is 658 g/mol. The number of alkyl carbamates (subject to hydrolysis) is 1. The van der Waals surface area contributed by atoms with E-state index in [1.54, 1.807) is 34.0 Å². The van der Waals surface area contributed by atoms with E-state index in [-0.39, 0.29) is 24.8 Å². The molecule has 1 spiro atoms. The summed E-state index contributed by atoms with van der Waals surface area (Å²) in [6, 6.07) is 2.20. The number of nitrogens with zero attached hydrogens (tertiary/aromatic N) is 1. The van der Waals surface area contributed by atoms with Gasteiger partial charge in [-0.25, -0.2) is 14.4 Å². The zero-order valence-electron chi connectivity index (χ0n) is 28.2. The van der Waals surface area contributed by atoms with Crippen molar-refractivity contribution in [1.82, 2.24) is 10.2 Å². The number of benzene rings is 1. The second-order valence-electron chi connectivity index (χ2n) is 13.8. The Morgan fingerprint density at radius 2 is 1.94 bits per heavy atom. The lowest BCUT2D eigenvalue weighted by molar-refractivity contribution is -0.176. The van der Waals surface area contributed by atoms with Gasteiger partial charge in [-0.3, -0.25) is 4.79 Å². The average molecular weight is 659 g/mol. The molecule has 2 aliphatic heterocycles. The summed E-state index contributed by atoms with van der Waals surface area (Å²) in [6.07, 6.45) is 0.809. The van der Waals surface area contributed by atoms with Crippen LogP contribution in [0.25, 0.3) is 0 Å². The maximum absolute atomic E-state index is 13.4. The third kappa shape index (κ3) is 6.27. The molecule has 0 aromatic heterocycles. The van der Waals surface area contributed by atoms with Crippen LogP contribution in [-0.4, -0.2) is 96.8 Å². The van der Waals surface area contributed by atoms with E-state index in [2.05, 4.69) is 10.2 Å². The van der Waals surface area contributed by atoms with E-state index >= 15 is 0 Å². The van der Waals surface area contributed by atoms with Crippen LogP contribution in [0.5, 0.6) is 11.5 Å². The highest BCUT2D eigenvalue weighted by atomic mass is 16.6. The number of likely N-dealkylation sites (N-methyl/N-ethyl adjacent to an activating group) is 1. The van der Waals surface area contributed by atoms with E-state index in [1.807, 2.05) is 26.1 Å². The average Bonchev–Trinajstić information content (AvgIpc) is 3.35. The van der Waals surface area contributed by atoms with Crippen molar-refractivity contribution in [2.45, 2.75) is 114 Å². The van der Waals surface area contributed by atoms with Crippen molar-refractivity contribution < 1.29 is 52.7 Å². The Labute approximate surface area is 274 Å². The predicted molar refractivity (Wildman–Crippen MR) is 167 cm³/mol. The second kappa shape index (κ2) is 13.0.